The van der Waals surface area contributed by atoms with E-state index in [1.807, 2.05) is 6.92 Å². The van der Waals surface area contributed by atoms with Gasteiger partial charge in [0.25, 0.3) is 11.7 Å². The fraction of sp³-hybridized carbons (Fsp3) is 0.167. The molecule has 0 bridgehead atoms. The summed E-state index contributed by atoms with van der Waals surface area (Å²) in [7, 11) is 1.47. The van der Waals surface area contributed by atoms with E-state index < -0.39 is 11.7 Å². The van der Waals surface area contributed by atoms with Crippen molar-refractivity contribution in [1.29, 1.82) is 0 Å². The van der Waals surface area contributed by atoms with Crippen molar-refractivity contribution in [3.05, 3.63) is 53.6 Å². The number of ether oxygens (including phenoxy) is 1. The van der Waals surface area contributed by atoms with E-state index in [0.29, 0.717) is 22.7 Å². The summed E-state index contributed by atoms with van der Waals surface area (Å²) in [6, 6.07) is 11.5. The number of rotatable bonds is 5. The molecular weight excluding hydrogens is 308 g/mol. The number of hydrogen-bond acceptors (Lipinski definition) is 4. The maximum atomic E-state index is 12.1. The average Bonchev–Trinajstić information content (AvgIpc) is 2.54. The van der Waals surface area contributed by atoms with E-state index >= 15 is 0 Å². The van der Waals surface area contributed by atoms with Crippen molar-refractivity contribution in [2.24, 2.45) is 0 Å². The van der Waals surface area contributed by atoms with Crippen LogP contribution in [0.25, 0.3) is 0 Å². The van der Waals surface area contributed by atoms with Gasteiger partial charge in [0, 0.05) is 18.2 Å². The zero-order valence-electron chi connectivity index (χ0n) is 13.7. The number of benzene rings is 2. The molecule has 2 amide bonds. The molecule has 6 heteroatoms. The van der Waals surface area contributed by atoms with Crippen molar-refractivity contribution in [3.8, 4) is 5.75 Å². The lowest BCUT2D eigenvalue weighted by atomic mass is 10.1. The van der Waals surface area contributed by atoms with Crippen LogP contribution in [0, 0.1) is 6.92 Å². The average molecular weight is 326 g/mol. The fourth-order valence-corrected chi connectivity index (χ4v) is 2.10. The first-order valence-electron chi connectivity index (χ1n) is 7.28. The van der Waals surface area contributed by atoms with Gasteiger partial charge < -0.3 is 15.4 Å². The van der Waals surface area contributed by atoms with Crippen molar-refractivity contribution in [2.75, 3.05) is 17.7 Å². The Hall–Kier alpha value is -3.15. The lowest BCUT2D eigenvalue weighted by molar-refractivity contribution is -0.114. The summed E-state index contributed by atoms with van der Waals surface area (Å²) < 4.78 is 5.14. The molecule has 0 aliphatic rings. The highest BCUT2D eigenvalue weighted by Gasteiger charge is 2.17. The third kappa shape index (κ3) is 4.19. The van der Waals surface area contributed by atoms with Crippen LogP contribution >= 0.6 is 0 Å². The van der Waals surface area contributed by atoms with Gasteiger partial charge in [-0.1, -0.05) is 29.8 Å². The molecule has 0 heterocycles. The number of hydrogen-bond donors (Lipinski definition) is 2. The van der Waals surface area contributed by atoms with E-state index in [1.165, 1.54) is 20.1 Å². The predicted octanol–water partition coefficient (Wildman–Crippen LogP) is 2.78. The van der Waals surface area contributed by atoms with Crippen LogP contribution in [-0.2, 0) is 9.59 Å². The first-order chi connectivity index (χ1) is 11.4. The minimum atomic E-state index is -0.752. The first kappa shape index (κ1) is 17.2. The maximum Gasteiger partial charge on any atom is 0.296 e. The number of anilines is 2. The van der Waals surface area contributed by atoms with Crippen LogP contribution in [0.4, 0.5) is 11.4 Å². The van der Waals surface area contributed by atoms with Gasteiger partial charge in [0.2, 0.25) is 5.91 Å². The van der Waals surface area contributed by atoms with E-state index in [4.69, 9.17) is 4.74 Å². The van der Waals surface area contributed by atoms with Crippen molar-refractivity contribution < 1.29 is 19.1 Å². The molecule has 0 spiro atoms. The fourth-order valence-electron chi connectivity index (χ4n) is 2.10. The zero-order valence-corrected chi connectivity index (χ0v) is 13.7. The topological polar surface area (TPSA) is 84.5 Å². The molecule has 0 aliphatic heterocycles. The van der Waals surface area contributed by atoms with Crippen molar-refractivity contribution in [1.82, 2.24) is 0 Å². The second-order valence-electron chi connectivity index (χ2n) is 5.25. The van der Waals surface area contributed by atoms with E-state index in [9.17, 15) is 14.4 Å². The van der Waals surface area contributed by atoms with Crippen LogP contribution in [0.15, 0.2) is 42.5 Å². The van der Waals surface area contributed by atoms with Gasteiger partial charge in [-0.2, -0.15) is 0 Å². The predicted molar refractivity (Wildman–Crippen MR) is 91.4 cm³/mol. The summed E-state index contributed by atoms with van der Waals surface area (Å²) in [6.07, 6.45) is 0. The molecule has 2 rings (SSSR count). The van der Waals surface area contributed by atoms with Gasteiger partial charge in [-0.25, -0.2) is 0 Å². The molecule has 6 nitrogen and oxygen atoms in total. The van der Waals surface area contributed by atoms with E-state index in [0.717, 1.165) is 5.56 Å². The highest BCUT2D eigenvalue weighted by molar-refractivity contribution is 6.46. The third-order valence-electron chi connectivity index (χ3n) is 3.29. The summed E-state index contributed by atoms with van der Waals surface area (Å²) in [5.41, 5.74) is 2.10. The minimum absolute atomic E-state index is 0.271. The minimum Gasteiger partial charge on any atom is -0.495 e. The highest BCUT2D eigenvalue weighted by Crippen LogP contribution is 2.27. The van der Waals surface area contributed by atoms with Crippen LogP contribution < -0.4 is 15.4 Å². The number of Topliss-reactive ketones (excluding diaryl/α,β-unsaturated/α-hetero) is 1. The quantitative estimate of drug-likeness (QED) is 0.653. The second kappa shape index (κ2) is 7.41. The number of aryl methyl sites for hydroxylation is 1. The van der Waals surface area contributed by atoms with Crippen LogP contribution in [0.2, 0.25) is 0 Å². The summed E-state index contributed by atoms with van der Waals surface area (Å²) in [4.78, 5) is 35.5. The Bertz CT molecular complexity index is 782. The number of nitrogens with one attached hydrogen (secondary N) is 2. The summed E-state index contributed by atoms with van der Waals surface area (Å²) in [5.74, 6) is -1.20. The molecule has 24 heavy (non-hydrogen) atoms. The number of ketones is 1. The van der Waals surface area contributed by atoms with Crippen LogP contribution in [0.3, 0.4) is 0 Å². The highest BCUT2D eigenvalue weighted by atomic mass is 16.5. The van der Waals surface area contributed by atoms with Gasteiger partial charge in [0.05, 0.1) is 12.8 Å². The van der Waals surface area contributed by atoms with Crippen LogP contribution in [-0.4, -0.2) is 24.7 Å². The third-order valence-corrected chi connectivity index (χ3v) is 3.29. The maximum absolute atomic E-state index is 12.1. The van der Waals surface area contributed by atoms with E-state index in [2.05, 4.69) is 10.6 Å². The van der Waals surface area contributed by atoms with Gasteiger partial charge >= 0.3 is 0 Å². The van der Waals surface area contributed by atoms with Crippen molar-refractivity contribution >= 4 is 29.0 Å². The molecule has 0 saturated carbocycles. The van der Waals surface area contributed by atoms with Gasteiger partial charge in [-0.15, -0.1) is 0 Å². The molecule has 2 aromatic carbocycles. The smallest absolute Gasteiger partial charge is 0.296 e. The molecule has 0 atom stereocenters. The van der Waals surface area contributed by atoms with Gasteiger partial charge in [-0.05, 0) is 25.1 Å². The summed E-state index contributed by atoms with van der Waals surface area (Å²) >= 11 is 0. The van der Waals surface area contributed by atoms with Crippen molar-refractivity contribution in [2.45, 2.75) is 13.8 Å². The zero-order chi connectivity index (χ0) is 17.7. The molecule has 2 aromatic rings. The Morgan fingerprint density at radius 1 is 0.958 bits per heavy atom. The van der Waals surface area contributed by atoms with Crippen LogP contribution in [0.1, 0.15) is 22.8 Å². The second-order valence-corrected chi connectivity index (χ2v) is 5.25. The number of carbonyl (C=O) groups is 3. The Morgan fingerprint density at radius 3 is 2.21 bits per heavy atom. The standard InChI is InChI=1S/C18H18N2O4/c1-11-4-6-13(7-5-11)17(22)18(23)20-14-8-9-16(24-3)15(10-14)19-12(2)21/h4-10H,1-3H3,(H,19,21)(H,20,23). The lowest BCUT2D eigenvalue weighted by Gasteiger charge is -2.11. The summed E-state index contributed by atoms with van der Waals surface area (Å²) in [6.45, 7) is 3.26. The van der Waals surface area contributed by atoms with E-state index in [-0.39, 0.29) is 5.91 Å². The molecular formula is C18H18N2O4. The Kier molecular flexibility index (Phi) is 5.31. The SMILES string of the molecule is COc1ccc(NC(=O)C(=O)c2ccc(C)cc2)cc1NC(C)=O. The molecule has 0 unspecified atom stereocenters. The van der Waals surface area contributed by atoms with E-state index in [1.54, 1.807) is 36.4 Å². The lowest BCUT2D eigenvalue weighted by Crippen LogP contribution is -2.23. The molecule has 0 aromatic heterocycles. The number of carbonyl (C=O) groups excluding carboxylic acids is 3. The molecule has 124 valence electrons. The van der Waals surface area contributed by atoms with Gasteiger partial charge in [0.1, 0.15) is 5.75 Å². The largest absolute Gasteiger partial charge is 0.495 e. The molecule has 2 N–H and O–H groups in total. The molecule has 0 aliphatic carbocycles. The van der Waals surface area contributed by atoms with Crippen LogP contribution in [0.5, 0.6) is 5.75 Å². The molecule has 0 fully saturated rings. The Balaban J connectivity index is 2.17. The Morgan fingerprint density at radius 2 is 1.62 bits per heavy atom. The first-order valence-corrected chi connectivity index (χ1v) is 7.28. The molecule has 0 radical (unpaired) electrons. The summed E-state index contributed by atoms with van der Waals surface area (Å²) in [5, 5.41) is 5.13. The number of amides is 2. The normalized spacial score (nSPS) is 9.96. The monoisotopic (exact) mass is 326 g/mol. The van der Waals surface area contributed by atoms with Crippen molar-refractivity contribution in [3.63, 3.8) is 0 Å². The van der Waals surface area contributed by atoms with Gasteiger partial charge in [-0.3, -0.25) is 14.4 Å². The van der Waals surface area contributed by atoms with Gasteiger partial charge in [0.15, 0.2) is 0 Å². The Labute approximate surface area is 139 Å². The number of methoxy groups -OCH3 is 1. The molecule has 0 saturated heterocycles.